The number of fused-ring (bicyclic) bond motifs is 1. The highest BCUT2D eigenvalue weighted by Crippen LogP contribution is 2.30. The summed E-state index contributed by atoms with van der Waals surface area (Å²) in [4.78, 5) is 28.7. The van der Waals surface area contributed by atoms with Crippen molar-refractivity contribution in [2.24, 2.45) is 11.8 Å². The van der Waals surface area contributed by atoms with E-state index in [2.05, 4.69) is 39.9 Å². The molecular weight excluding hydrogens is 386 g/mol. The maximum Gasteiger partial charge on any atom is 0.242 e. The summed E-state index contributed by atoms with van der Waals surface area (Å²) in [6, 6.07) is 17.8. The molecule has 2 amide bonds. The van der Waals surface area contributed by atoms with Crippen molar-refractivity contribution in [2.75, 3.05) is 6.54 Å². The van der Waals surface area contributed by atoms with Crippen LogP contribution in [0.15, 0.2) is 60.8 Å². The summed E-state index contributed by atoms with van der Waals surface area (Å²) >= 11 is 0. The first-order valence-electron chi connectivity index (χ1n) is 11.0. The van der Waals surface area contributed by atoms with Crippen LogP contribution in [0.1, 0.15) is 51.2 Å². The Morgan fingerprint density at radius 1 is 0.935 bits per heavy atom. The molecule has 5 heteroatoms. The van der Waals surface area contributed by atoms with Crippen LogP contribution in [0.4, 0.5) is 0 Å². The number of amides is 2. The highest BCUT2D eigenvalue weighted by atomic mass is 16.2. The van der Waals surface area contributed by atoms with Crippen LogP contribution in [-0.2, 0) is 9.59 Å². The van der Waals surface area contributed by atoms with E-state index in [1.807, 2.05) is 64.2 Å². The normalized spacial score (nSPS) is 13.4. The molecule has 0 saturated heterocycles. The zero-order valence-electron chi connectivity index (χ0n) is 18.8. The van der Waals surface area contributed by atoms with Gasteiger partial charge in [0.1, 0.15) is 6.04 Å². The second-order valence-electron chi connectivity index (χ2n) is 8.89. The number of aromatic amines is 1. The van der Waals surface area contributed by atoms with E-state index in [0.29, 0.717) is 13.0 Å². The first-order chi connectivity index (χ1) is 14.9. The average Bonchev–Trinajstić information content (AvgIpc) is 3.16. The maximum absolute atomic E-state index is 13.0. The van der Waals surface area contributed by atoms with Crippen molar-refractivity contribution < 1.29 is 9.59 Å². The number of aromatic nitrogens is 1. The third-order valence-corrected chi connectivity index (χ3v) is 5.54. The summed E-state index contributed by atoms with van der Waals surface area (Å²) in [5.74, 6) is 0.0213. The van der Waals surface area contributed by atoms with Crippen molar-refractivity contribution in [3.8, 4) is 0 Å². The van der Waals surface area contributed by atoms with Gasteiger partial charge in [0, 0.05) is 36.0 Å². The molecule has 5 nitrogen and oxygen atoms in total. The monoisotopic (exact) mass is 419 g/mol. The molecule has 0 aliphatic carbocycles. The van der Waals surface area contributed by atoms with Crippen molar-refractivity contribution in [1.29, 1.82) is 0 Å². The molecule has 2 unspecified atom stereocenters. The average molecular weight is 420 g/mol. The van der Waals surface area contributed by atoms with Gasteiger partial charge in [-0.3, -0.25) is 9.59 Å². The van der Waals surface area contributed by atoms with Gasteiger partial charge >= 0.3 is 0 Å². The van der Waals surface area contributed by atoms with Crippen LogP contribution in [0.25, 0.3) is 10.9 Å². The molecule has 0 saturated carbocycles. The number of carbonyl (C=O) groups excluding carboxylic acids is 2. The molecule has 0 fully saturated rings. The van der Waals surface area contributed by atoms with E-state index in [0.717, 1.165) is 22.0 Å². The molecule has 0 aliphatic heterocycles. The molecule has 3 N–H and O–H groups in total. The van der Waals surface area contributed by atoms with Gasteiger partial charge in [0.15, 0.2) is 0 Å². The molecule has 3 rings (SSSR count). The molecule has 31 heavy (non-hydrogen) atoms. The highest BCUT2D eigenvalue weighted by Gasteiger charge is 2.26. The lowest BCUT2D eigenvalue weighted by Gasteiger charge is -2.24. The summed E-state index contributed by atoms with van der Waals surface area (Å²) in [6.07, 6.45) is 2.44. The third-order valence-electron chi connectivity index (χ3n) is 5.54. The minimum absolute atomic E-state index is 0.000442. The van der Waals surface area contributed by atoms with Gasteiger partial charge in [-0.25, -0.2) is 0 Å². The highest BCUT2D eigenvalue weighted by molar-refractivity contribution is 5.88. The van der Waals surface area contributed by atoms with Gasteiger partial charge in [-0.15, -0.1) is 0 Å². The number of hydrogen-bond donors (Lipinski definition) is 3. The third kappa shape index (κ3) is 5.75. The van der Waals surface area contributed by atoms with Crippen molar-refractivity contribution in [2.45, 2.75) is 46.1 Å². The smallest absolute Gasteiger partial charge is 0.242 e. The molecule has 0 radical (unpaired) electrons. The summed E-state index contributed by atoms with van der Waals surface area (Å²) in [6.45, 7) is 8.35. The minimum Gasteiger partial charge on any atom is -0.361 e. The summed E-state index contributed by atoms with van der Waals surface area (Å²) < 4.78 is 0. The number of nitrogens with one attached hydrogen (secondary N) is 3. The number of carbonyl (C=O) groups is 2. The fourth-order valence-corrected chi connectivity index (χ4v) is 3.93. The Balaban J connectivity index is 1.80. The topological polar surface area (TPSA) is 74.0 Å². The van der Waals surface area contributed by atoms with E-state index in [9.17, 15) is 9.59 Å². The zero-order valence-corrected chi connectivity index (χ0v) is 18.8. The fraction of sp³-hybridized carbons (Fsp3) is 0.385. The molecule has 164 valence electrons. The van der Waals surface area contributed by atoms with Gasteiger partial charge in [0.25, 0.3) is 0 Å². The lowest BCUT2D eigenvalue weighted by molar-refractivity contribution is -0.130. The fourth-order valence-electron chi connectivity index (χ4n) is 3.93. The van der Waals surface area contributed by atoms with Crippen molar-refractivity contribution in [1.82, 2.24) is 15.6 Å². The predicted octanol–water partition coefficient (Wildman–Crippen LogP) is 4.60. The van der Waals surface area contributed by atoms with Crippen molar-refractivity contribution in [3.05, 3.63) is 71.9 Å². The Labute approximate surface area is 184 Å². The van der Waals surface area contributed by atoms with Gasteiger partial charge in [-0.05, 0) is 29.0 Å². The van der Waals surface area contributed by atoms with Crippen LogP contribution >= 0.6 is 0 Å². The van der Waals surface area contributed by atoms with E-state index in [1.165, 1.54) is 0 Å². The molecule has 1 heterocycles. The second kappa shape index (κ2) is 10.3. The molecule has 3 aromatic rings. The molecule has 1 aromatic heterocycles. The van der Waals surface area contributed by atoms with Crippen molar-refractivity contribution >= 4 is 22.7 Å². The number of rotatable bonds is 9. The quantitative estimate of drug-likeness (QED) is 0.474. The number of benzene rings is 2. The Morgan fingerprint density at radius 2 is 1.61 bits per heavy atom. The number of hydrogen-bond acceptors (Lipinski definition) is 2. The number of H-pyrrole nitrogens is 1. The van der Waals surface area contributed by atoms with Crippen LogP contribution in [0.2, 0.25) is 0 Å². The van der Waals surface area contributed by atoms with Gasteiger partial charge in [0.2, 0.25) is 11.8 Å². The van der Waals surface area contributed by atoms with Gasteiger partial charge in [0.05, 0.1) is 0 Å². The Hall–Kier alpha value is -3.08. The van der Waals surface area contributed by atoms with Gasteiger partial charge in [-0.2, -0.15) is 0 Å². The van der Waals surface area contributed by atoms with E-state index < -0.39 is 6.04 Å². The van der Waals surface area contributed by atoms with E-state index >= 15 is 0 Å². The molecule has 2 aromatic carbocycles. The van der Waals surface area contributed by atoms with Gasteiger partial charge in [-0.1, -0.05) is 76.2 Å². The minimum atomic E-state index is -0.550. The zero-order chi connectivity index (χ0) is 22.4. The van der Waals surface area contributed by atoms with E-state index in [-0.39, 0.29) is 29.6 Å². The SMILES string of the molecule is CC(C)CC(=O)NC(C(=O)NCC(c1ccccc1)c1c[nH]c2ccccc12)C(C)C. The van der Waals surface area contributed by atoms with Crippen LogP contribution in [0.3, 0.4) is 0 Å². The maximum atomic E-state index is 13.0. The lowest BCUT2D eigenvalue weighted by Crippen LogP contribution is -2.50. The largest absolute Gasteiger partial charge is 0.361 e. The molecule has 0 spiro atoms. The summed E-state index contributed by atoms with van der Waals surface area (Å²) in [7, 11) is 0. The second-order valence-corrected chi connectivity index (χ2v) is 8.89. The van der Waals surface area contributed by atoms with Crippen LogP contribution < -0.4 is 10.6 Å². The summed E-state index contributed by atoms with van der Waals surface area (Å²) in [5.41, 5.74) is 3.36. The molecule has 2 atom stereocenters. The van der Waals surface area contributed by atoms with E-state index in [1.54, 1.807) is 0 Å². The summed E-state index contributed by atoms with van der Waals surface area (Å²) in [5, 5.41) is 7.17. The Bertz CT molecular complexity index is 1010. The molecular formula is C26H33N3O2. The Morgan fingerprint density at radius 3 is 2.29 bits per heavy atom. The van der Waals surface area contributed by atoms with Crippen LogP contribution in [-0.4, -0.2) is 29.4 Å². The first kappa shape index (κ1) is 22.6. The molecule has 0 aliphatic rings. The van der Waals surface area contributed by atoms with Gasteiger partial charge < -0.3 is 15.6 Å². The van der Waals surface area contributed by atoms with E-state index in [4.69, 9.17) is 0 Å². The van der Waals surface area contributed by atoms with Crippen LogP contribution in [0, 0.1) is 11.8 Å². The van der Waals surface area contributed by atoms with Crippen LogP contribution in [0.5, 0.6) is 0 Å². The standard InChI is InChI=1S/C26H33N3O2/c1-17(2)14-24(30)29-25(18(3)4)26(31)28-15-21(19-10-6-5-7-11-19)22-16-27-23-13-9-8-12-20(22)23/h5-13,16-18,21,25,27H,14-15H2,1-4H3,(H,28,31)(H,29,30). The molecule has 0 bridgehead atoms. The first-order valence-corrected chi connectivity index (χ1v) is 11.0. The predicted molar refractivity (Wildman–Crippen MR) is 126 cm³/mol. The Kier molecular flexibility index (Phi) is 7.50. The lowest BCUT2D eigenvalue weighted by atomic mass is 9.90. The van der Waals surface area contributed by atoms with Crippen molar-refractivity contribution in [3.63, 3.8) is 0 Å². The number of para-hydroxylation sites is 1.